The number of hydrogen-bond donors (Lipinski definition) is 0. The van der Waals surface area contributed by atoms with Gasteiger partial charge in [0.25, 0.3) is 0 Å². The highest BCUT2D eigenvalue weighted by Crippen LogP contribution is 2.43. The molecule has 1 aliphatic heterocycles. The maximum absolute atomic E-state index is 5.35. The molecule has 2 aliphatic carbocycles. The Balaban J connectivity index is 1.29. The van der Waals surface area contributed by atoms with Crippen LogP contribution in [0.1, 0.15) is 73.7 Å². The molecule has 5 rings (SSSR count). The second kappa shape index (κ2) is 6.30. The lowest BCUT2D eigenvalue weighted by molar-refractivity contribution is 0.164. The third-order valence-corrected chi connectivity index (χ3v) is 5.77. The Morgan fingerprint density at radius 3 is 2.35 bits per heavy atom. The molecule has 0 bridgehead atoms. The summed E-state index contributed by atoms with van der Waals surface area (Å²) < 4.78 is 5.35. The van der Waals surface area contributed by atoms with Crippen LogP contribution in [0.3, 0.4) is 0 Å². The fourth-order valence-electron chi connectivity index (χ4n) is 3.72. The summed E-state index contributed by atoms with van der Waals surface area (Å²) in [6.07, 6.45) is 5.08. The van der Waals surface area contributed by atoms with Gasteiger partial charge in [0.05, 0.1) is 6.04 Å². The van der Waals surface area contributed by atoms with Crippen LogP contribution in [0, 0.1) is 6.92 Å². The van der Waals surface area contributed by atoms with E-state index < -0.39 is 0 Å². The van der Waals surface area contributed by atoms with E-state index in [1.165, 1.54) is 31.4 Å². The number of aryl methyl sites for hydroxylation is 1. The first-order valence-corrected chi connectivity index (χ1v) is 9.85. The maximum atomic E-state index is 5.35. The van der Waals surface area contributed by atoms with Gasteiger partial charge in [0.1, 0.15) is 11.6 Å². The number of nitrogens with zero attached hydrogens (tertiary/aromatic N) is 6. The molecule has 26 heavy (non-hydrogen) atoms. The van der Waals surface area contributed by atoms with Gasteiger partial charge >= 0.3 is 0 Å². The minimum Gasteiger partial charge on any atom is -0.354 e. The summed E-state index contributed by atoms with van der Waals surface area (Å²) in [5, 5.41) is 3.92. The topological polar surface area (TPSA) is 71.2 Å². The van der Waals surface area contributed by atoms with E-state index in [0.29, 0.717) is 23.6 Å². The van der Waals surface area contributed by atoms with Gasteiger partial charge in [0, 0.05) is 49.8 Å². The van der Waals surface area contributed by atoms with Crippen LogP contribution in [0.15, 0.2) is 10.6 Å². The highest BCUT2D eigenvalue weighted by atomic mass is 16.5. The first kappa shape index (κ1) is 16.2. The predicted octanol–water partition coefficient (Wildman–Crippen LogP) is 2.81. The van der Waals surface area contributed by atoms with Gasteiger partial charge in [0.2, 0.25) is 5.89 Å². The van der Waals surface area contributed by atoms with Gasteiger partial charge in [-0.05, 0) is 39.5 Å². The molecule has 3 fully saturated rings. The SMILES string of the molecule is Cc1noc([C@H](C)N2CCN(c3cc(C4CC4)nc(C4CC4)n3)CC2)n1. The normalized spacial score (nSPS) is 22.6. The largest absolute Gasteiger partial charge is 0.354 e. The predicted molar refractivity (Wildman–Crippen MR) is 97.2 cm³/mol. The minimum absolute atomic E-state index is 0.160. The van der Waals surface area contributed by atoms with Gasteiger partial charge in [0.15, 0.2) is 5.82 Å². The number of aromatic nitrogens is 4. The Hall–Kier alpha value is -2.02. The molecule has 2 aromatic heterocycles. The van der Waals surface area contributed by atoms with Crippen molar-refractivity contribution in [1.82, 2.24) is 25.0 Å². The average molecular weight is 354 g/mol. The summed E-state index contributed by atoms with van der Waals surface area (Å²) in [6.45, 7) is 7.91. The third-order valence-electron chi connectivity index (χ3n) is 5.77. The van der Waals surface area contributed by atoms with E-state index in [1.807, 2.05) is 6.92 Å². The lowest BCUT2D eigenvalue weighted by Crippen LogP contribution is -2.47. The first-order chi connectivity index (χ1) is 12.7. The van der Waals surface area contributed by atoms with E-state index in [9.17, 15) is 0 Å². The first-order valence-electron chi connectivity index (χ1n) is 9.85. The lowest BCUT2D eigenvalue weighted by atomic mass is 10.2. The summed E-state index contributed by atoms with van der Waals surface area (Å²) in [7, 11) is 0. The van der Waals surface area contributed by atoms with Crippen molar-refractivity contribution < 1.29 is 4.52 Å². The molecular formula is C19H26N6O. The Labute approximate surface area is 153 Å². The molecule has 0 N–H and O–H groups in total. The molecular weight excluding hydrogens is 328 g/mol. The minimum atomic E-state index is 0.160. The van der Waals surface area contributed by atoms with Gasteiger partial charge < -0.3 is 9.42 Å². The summed E-state index contributed by atoms with van der Waals surface area (Å²) >= 11 is 0. The quantitative estimate of drug-likeness (QED) is 0.817. The molecule has 1 saturated heterocycles. The molecule has 7 nitrogen and oxygen atoms in total. The van der Waals surface area contributed by atoms with Crippen molar-refractivity contribution in [3.05, 3.63) is 29.3 Å². The molecule has 3 aliphatic rings. The third kappa shape index (κ3) is 3.20. The van der Waals surface area contributed by atoms with Gasteiger partial charge in [-0.25, -0.2) is 9.97 Å². The number of anilines is 1. The molecule has 2 saturated carbocycles. The molecule has 0 spiro atoms. The van der Waals surface area contributed by atoms with Crippen LogP contribution in [0.4, 0.5) is 5.82 Å². The van der Waals surface area contributed by atoms with Gasteiger partial charge in [-0.1, -0.05) is 5.16 Å². The van der Waals surface area contributed by atoms with Crippen molar-refractivity contribution in [3.8, 4) is 0 Å². The van der Waals surface area contributed by atoms with Crippen LogP contribution in [0.2, 0.25) is 0 Å². The molecule has 0 radical (unpaired) electrons. The van der Waals surface area contributed by atoms with Crippen molar-refractivity contribution in [1.29, 1.82) is 0 Å². The monoisotopic (exact) mass is 354 g/mol. The fourth-order valence-corrected chi connectivity index (χ4v) is 3.72. The van der Waals surface area contributed by atoms with E-state index in [-0.39, 0.29) is 6.04 Å². The molecule has 3 heterocycles. The van der Waals surface area contributed by atoms with Crippen LogP contribution in [-0.4, -0.2) is 51.2 Å². The number of rotatable bonds is 5. The van der Waals surface area contributed by atoms with Crippen LogP contribution in [0.25, 0.3) is 0 Å². The van der Waals surface area contributed by atoms with E-state index in [1.54, 1.807) is 0 Å². The summed E-state index contributed by atoms with van der Waals surface area (Å²) in [5.41, 5.74) is 1.27. The second-order valence-corrected chi connectivity index (χ2v) is 7.94. The molecule has 0 unspecified atom stereocenters. The summed E-state index contributed by atoms with van der Waals surface area (Å²) in [6, 6.07) is 2.40. The van der Waals surface area contributed by atoms with E-state index >= 15 is 0 Å². The van der Waals surface area contributed by atoms with Crippen LogP contribution in [0.5, 0.6) is 0 Å². The number of hydrogen-bond acceptors (Lipinski definition) is 7. The zero-order valence-corrected chi connectivity index (χ0v) is 15.6. The molecule has 2 aromatic rings. The zero-order valence-electron chi connectivity index (χ0n) is 15.6. The van der Waals surface area contributed by atoms with Crippen molar-refractivity contribution in [2.24, 2.45) is 0 Å². The van der Waals surface area contributed by atoms with E-state index in [4.69, 9.17) is 14.5 Å². The van der Waals surface area contributed by atoms with Gasteiger partial charge in [-0.15, -0.1) is 0 Å². The smallest absolute Gasteiger partial charge is 0.243 e. The average Bonchev–Trinajstić information content (AvgIpc) is 3.58. The Morgan fingerprint density at radius 1 is 1.00 bits per heavy atom. The molecule has 1 atom stereocenters. The van der Waals surface area contributed by atoms with Crippen molar-refractivity contribution >= 4 is 5.82 Å². The lowest BCUT2D eigenvalue weighted by Gasteiger charge is -2.37. The van der Waals surface area contributed by atoms with Crippen molar-refractivity contribution in [3.63, 3.8) is 0 Å². The molecule has 0 aromatic carbocycles. The van der Waals surface area contributed by atoms with Gasteiger partial charge in [-0.3, -0.25) is 4.90 Å². The van der Waals surface area contributed by atoms with Crippen LogP contribution >= 0.6 is 0 Å². The Kier molecular flexibility index (Phi) is 3.92. The molecule has 138 valence electrons. The highest BCUT2D eigenvalue weighted by Gasteiger charge is 2.32. The van der Waals surface area contributed by atoms with Gasteiger partial charge in [-0.2, -0.15) is 4.98 Å². The summed E-state index contributed by atoms with van der Waals surface area (Å²) in [5.74, 6) is 4.91. The molecule has 0 amide bonds. The highest BCUT2D eigenvalue weighted by molar-refractivity contribution is 5.43. The number of piperazine rings is 1. The van der Waals surface area contributed by atoms with E-state index in [0.717, 1.165) is 37.8 Å². The van der Waals surface area contributed by atoms with E-state index in [2.05, 4.69) is 32.9 Å². The van der Waals surface area contributed by atoms with Crippen LogP contribution in [-0.2, 0) is 0 Å². The fraction of sp³-hybridized carbons (Fsp3) is 0.684. The Bertz CT molecular complexity index is 759. The second-order valence-electron chi connectivity index (χ2n) is 7.94. The zero-order chi connectivity index (χ0) is 17.7. The van der Waals surface area contributed by atoms with Crippen molar-refractivity contribution in [2.75, 3.05) is 31.1 Å². The van der Waals surface area contributed by atoms with Crippen molar-refractivity contribution in [2.45, 2.75) is 57.4 Å². The van der Waals surface area contributed by atoms with Crippen LogP contribution < -0.4 is 4.90 Å². The Morgan fingerprint density at radius 2 is 1.73 bits per heavy atom. The maximum Gasteiger partial charge on any atom is 0.243 e. The summed E-state index contributed by atoms with van der Waals surface area (Å²) in [4.78, 5) is 19.0. The molecule has 7 heteroatoms. The standard InChI is InChI=1S/C19H26N6O/c1-12(19-20-13(2)23-26-19)24-7-9-25(10-8-24)17-11-16(14-3-4-14)21-18(22-17)15-5-6-15/h11-12,14-15H,3-10H2,1-2H3/t12-/m0/s1.